The summed E-state index contributed by atoms with van der Waals surface area (Å²) in [6, 6.07) is 13.4. The fourth-order valence-electron chi connectivity index (χ4n) is 1.59. The maximum atomic E-state index is 13.5. The summed E-state index contributed by atoms with van der Waals surface area (Å²) in [5.74, 6) is 0.700. The molecule has 4 heteroatoms. The minimum atomic E-state index is -0.378. The fraction of sp³-hybridized carbons (Fsp3) is 0.133. The van der Waals surface area contributed by atoms with E-state index in [1.807, 2.05) is 18.2 Å². The SMILES string of the molecule is N#Cc1ccc(F)c(COc2ccc(CCl)cc2)c1. The maximum absolute atomic E-state index is 13.5. The number of benzene rings is 2. The standard InChI is InChI=1S/C15H11ClFNO/c16-8-11-1-4-14(5-2-11)19-10-13-7-12(9-18)3-6-15(13)17/h1-7H,8,10H2. The van der Waals surface area contributed by atoms with Crippen molar-refractivity contribution in [2.75, 3.05) is 0 Å². The van der Waals surface area contributed by atoms with Crippen LogP contribution in [0.3, 0.4) is 0 Å². The molecule has 0 saturated heterocycles. The van der Waals surface area contributed by atoms with Gasteiger partial charge in [-0.05, 0) is 35.9 Å². The minimum Gasteiger partial charge on any atom is -0.489 e. The molecule has 0 aliphatic heterocycles. The third-order valence-electron chi connectivity index (χ3n) is 2.65. The van der Waals surface area contributed by atoms with Crippen LogP contribution in [0.15, 0.2) is 42.5 Å². The second kappa shape index (κ2) is 6.21. The number of alkyl halides is 1. The van der Waals surface area contributed by atoms with Gasteiger partial charge in [-0.1, -0.05) is 12.1 Å². The molecule has 2 aromatic carbocycles. The van der Waals surface area contributed by atoms with Crippen molar-refractivity contribution in [2.45, 2.75) is 12.5 Å². The lowest BCUT2D eigenvalue weighted by Gasteiger charge is -2.08. The van der Waals surface area contributed by atoms with Crippen molar-refractivity contribution in [1.29, 1.82) is 5.26 Å². The molecule has 0 bridgehead atoms. The summed E-state index contributed by atoms with van der Waals surface area (Å²) in [7, 11) is 0. The van der Waals surface area contributed by atoms with Gasteiger partial charge in [0.15, 0.2) is 0 Å². The second-order valence-corrected chi connectivity index (χ2v) is 4.25. The zero-order valence-corrected chi connectivity index (χ0v) is 10.8. The van der Waals surface area contributed by atoms with Gasteiger partial charge in [0.1, 0.15) is 18.2 Å². The Morgan fingerprint density at radius 2 is 1.89 bits per heavy atom. The van der Waals surface area contributed by atoms with Crippen LogP contribution in [0.5, 0.6) is 5.75 Å². The van der Waals surface area contributed by atoms with E-state index < -0.39 is 0 Å². The van der Waals surface area contributed by atoms with E-state index in [0.29, 0.717) is 22.8 Å². The van der Waals surface area contributed by atoms with E-state index >= 15 is 0 Å². The Morgan fingerprint density at radius 3 is 2.53 bits per heavy atom. The van der Waals surface area contributed by atoms with Gasteiger partial charge in [-0.3, -0.25) is 0 Å². The Morgan fingerprint density at radius 1 is 1.16 bits per heavy atom. The van der Waals surface area contributed by atoms with Gasteiger partial charge in [-0.25, -0.2) is 4.39 Å². The monoisotopic (exact) mass is 275 g/mol. The molecule has 0 aliphatic rings. The van der Waals surface area contributed by atoms with Crippen LogP contribution < -0.4 is 4.74 Å². The predicted octanol–water partition coefficient (Wildman–Crippen LogP) is 4.02. The molecule has 0 heterocycles. The summed E-state index contributed by atoms with van der Waals surface area (Å²) in [5, 5.41) is 8.77. The summed E-state index contributed by atoms with van der Waals surface area (Å²) in [6.45, 7) is 0.0849. The molecule has 0 spiro atoms. The van der Waals surface area contributed by atoms with Crippen molar-refractivity contribution in [2.24, 2.45) is 0 Å². The molecule has 0 aliphatic carbocycles. The average Bonchev–Trinajstić information content (AvgIpc) is 2.47. The molecule has 0 atom stereocenters. The molecule has 19 heavy (non-hydrogen) atoms. The van der Waals surface area contributed by atoms with E-state index in [9.17, 15) is 4.39 Å². The Kier molecular flexibility index (Phi) is 4.38. The van der Waals surface area contributed by atoms with Crippen molar-refractivity contribution in [3.05, 3.63) is 65.0 Å². The highest BCUT2D eigenvalue weighted by Crippen LogP contribution is 2.17. The number of nitriles is 1. The Labute approximate surface area is 116 Å². The maximum Gasteiger partial charge on any atom is 0.129 e. The largest absolute Gasteiger partial charge is 0.489 e. The molecule has 0 saturated carbocycles. The first-order valence-electron chi connectivity index (χ1n) is 5.69. The van der Waals surface area contributed by atoms with Gasteiger partial charge in [0.25, 0.3) is 0 Å². The molecule has 2 rings (SSSR count). The third kappa shape index (κ3) is 3.46. The zero-order valence-electron chi connectivity index (χ0n) is 10.1. The van der Waals surface area contributed by atoms with Gasteiger partial charge in [0, 0.05) is 11.4 Å². The predicted molar refractivity (Wildman–Crippen MR) is 71.4 cm³/mol. The average molecular weight is 276 g/mol. The molecule has 0 radical (unpaired) electrons. The van der Waals surface area contributed by atoms with Gasteiger partial charge in [0.2, 0.25) is 0 Å². The second-order valence-electron chi connectivity index (χ2n) is 3.98. The first-order chi connectivity index (χ1) is 9.22. The van der Waals surface area contributed by atoms with Crippen LogP contribution in [0, 0.1) is 17.1 Å². The van der Waals surface area contributed by atoms with Gasteiger partial charge in [-0.15, -0.1) is 11.6 Å². The Bertz CT molecular complexity index is 605. The van der Waals surface area contributed by atoms with E-state index in [2.05, 4.69) is 0 Å². The molecule has 0 amide bonds. The minimum absolute atomic E-state index is 0.0849. The molecular formula is C15H11ClFNO. The molecule has 0 aromatic heterocycles. The molecule has 2 nitrogen and oxygen atoms in total. The van der Waals surface area contributed by atoms with E-state index in [4.69, 9.17) is 21.6 Å². The number of hydrogen-bond donors (Lipinski definition) is 0. The highest BCUT2D eigenvalue weighted by Gasteiger charge is 2.04. The number of rotatable bonds is 4. The van der Waals surface area contributed by atoms with Crippen molar-refractivity contribution >= 4 is 11.6 Å². The third-order valence-corrected chi connectivity index (χ3v) is 2.96. The number of halogens is 2. The summed E-state index contributed by atoms with van der Waals surface area (Å²) in [6.07, 6.45) is 0. The van der Waals surface area contributed by atoms with Crippen molar-refractivity contribution in [3.8, 4) is 11.8 Å². The highest BCUT2D eigenvalue weighted by atomic mass is 35.5. The molecule has 2 aromatic rings. The van der Waals surface area contributed by atoms with Gasteiger partial charge < -0.3 is 4.74 Å². The van der Waals surface area contributed by atoms with Crippen molar-refractivity contribution < 1.29 is 9.13 Å². The quantitative estimate of drug-likeness (QED) is 0.790. The smallest absolute Gasteiger partial charge is 0.129 e. The number of hydrogen-bond acceptors (Lipinski definition) is 2. The summed E-state index contributed by atoms with van der Waals surface area (Å²) in [5.41, 5.74) is 1.77. The van der Waals surface area contributed by atoms with Crippen LogP contribution >= 0.6 is 11.6 Å². The fourth-order valence-corrected chi connectivity index (χ4v) is 1.77. The van der Waals surface area contributed by atoms with Crippen LogP contribution in [0.2, 0.25) is 0 Å². The molecular weight excluding hydrogens is 265 g/mol. The van der Waals surface area contributed by atoms with E-state index in [0.717, 1.165) is 5.56 Å². The van der Waals surface area contributed by atoms with E-state index in [1.54, 1.807) is 12.1 Å². The van der Waals surface area contributed by atoms with E-state index in [-0.39, 0.29) is 12.4 Å². The van der Waals surface area contributed by atoms with Gasteiger partial charge in [-0.2, -0.15) is 5.26 Å². The van der Waals surface area contributed by atoms with Crippen LogP contribution in [0.4, 0.5) is 4.39 Å². The topological polar surface area (TPSA) is 33.0 Å². The summed E-state index contributed by atoms with van der Waals surface area (Å²) < 4.78 is 19.0. The normalized spacial score (nSPS) is 9.95. The zero-order chi connectivity index (χ0) is 13.7. The molecule has 0 unspecified atom stereocenters. The van der Waals surface area contributed by atoms with Crippen molar-refractivity contribution in [1.82, 2.24) is 0 Å². The van der Waals surface area contributed by atoms with E-state index in [1.165, 1.54) is 18.2 Å². The first-order valence-corrected chi connectivity index (χ1v) is 6.22. The highest BCUT2D eigenvalue weighted by molar-refractivity contribution is 6.17. The van der Waals surface area contributed by atoms with Crippen LogP contribution in [-0.4, -0.2) is 0 Å². The summed E-state index contributed by atoms with van der Waals surface area (Å²) >= 11 is 5.69. The van der Waals surface area contributed by atoms with Crippen LogP contribution in [0.1, 0.15) is 16.7 Å². The first kappa shape index (κ1) is 13.4. The lowest BCUT2D eigenvalue weighted by molar-refractivity contribution is 0.300. The lowest BCUT2D eigenvalue weighted by atomic mass is 10.1. The molecule has 0 fully saturated rings. The number of nitrogens with zero attached hydrogens (tertiary/aromatic N) is 1. The Hall–Kier alpha value is -2.05. The lowest BCUT2D eigenvalue weighted by Crippen LogP contribution is -1.99. The van der Waals surface area contributed by atoms with Crippen molar-refractivity contribution in [3.63, 3.8) is 0 Å². The molecule has 0 N–H and O–H groups in total. The van der Waals surface area contributed by atoms with Crippen LogP contribution in [-0.2, 0) is 12.5 Å². The Balaban J connectivity index is 2.07. The van der Waals surface area contributed by atoms with Crippen LogP contribution in [0.25, 0.3) is 0 Å². The van der Waals surface area contributed by atoms with Gasteiger partial charge in [0.05, 0.1) is 11.6 Å². The van der Waals surface area contributed by atoms with Gasteiger partial charge >= 0.3 is 0 Å². The summed E-state index contributed by atoms with van der Waals surface area (Å²) in [4.78, 5) is 0. The number of ether oxygens (including phenoxy) is 1. The molecule has 96 valence electrons.